The monoisotopic (exact) mass is 541 g/mol. The quantitative estimate of drug-likeness (QED) is 0.121. The maximum Gasteiger partial charge on any atom is 0.353 e. The van der Waals surface area contributed by atoms with E-state index in [0.29, 0.717) is 29.9 Å². The number of nitrogens with zero attached hydrogens (tertiary/aromatic N) is 4. The number of hydrogen-bond donors (Lipinski definition) is 2. The molecule has 38 heavy (non-hydrogen) atoms. The molecular weight excluding hydrogens is 498 g/mol. The highest BCUT2D eigenvalue weighted by molar-refractivity contribution is 7.52. The lowest BCUT2D eigenvalue weighted by Crippen LogP contribution is -2.17. The first-order chi connectivity index (χ1) is 18.1. The molecule has 0 aliphatic carbocycles. The topological polar surface area (TPSA) is 125 Å². The van der Waals surface area contributed by atoms with Crippen LogP contribution < -0.4 is 5.73 Å². The molecule has 0 saturated heterocycles. The van der Waals surface area contributed by atoms with Gasteiger partial charge in [-0.3, -0.25) is 4.57 Å². The number of nitrogens with two attached hydrogens (primary N) is 1. The third kappa shape index (κ3) is 14.2. The predicted octanol–water partition coefficient (Wildman–Crippen LogP) is 5.01. The van der Waals surface area contributed by atoms with Crippen LogP contribution in [0.25, 0.3) is 11.2 Å². The van der Waals surface area contributed by atoms with Crippen LogP contribution in [0.3, 0.4) is 0 Å². The summed E-state index contributed by atoms with van der Waals surface area (Å²) >= 11 is 0. The zero-order chi connectivity index (χ0) is 27.9. The zero-order valence-corrected chi connectivity index (χ0v) is 23.9. The number of ether oxygens (including phenoxy) is 1. The summed E-state index contributed by atoms with van der Waals surface area (Å²) in [4.78, 5) is 22.4. The number of imidazole rings is 1. The fourth-order valence-corrected chi connectivity index (χ4v) is 5.24. The van der Waals surface area contributed by atoms with Crippen LogP contribution >= 0.6 is 7.60 Å². The van der Waals surface area contributed by atoms with Crippen molar-refractivity contribution < 1.29 is 18.7 Å². The maximum atomic E-state index is 12.3. The number of hydrogen-bond acceptors (Lipinski definition) is 7. The number of nitrogen functional groups attached to an aromatic ring is 1. The molecule has 0 aliphatic rings. The van der Waals surface area contributed by atoms with Gasteiger partial charge in [-0.1, -0.05) is 83.5 Å². The van der Waals surface area contributed by atoms with Crippen LogP contribution in [0.4, 0.5) is 5.82 Å². The molecule has 9 nitrogen and oxygen atoms in total. The summed E-state index contributed by atoms with van der Waals surface area (Å²) in [6.07, 6.45) is 18.0. The Morgan fingerprint density at radius 3 is 2.08 bits per heavy atom. The second-order valence-electron chi connectivity index (χ2n) is 10.4. The predicted molar refractivity (Wildman–Crippen MR) is 156 cm³/mol. The van der Waals surface area contributed by atoms with E-state index in [4.69, 9.17) is 38.5 Å². The maximum absolute atomic E-state index is 12.3. The molecule has 6 radical (unpaired) electrons. The van der Waals surface area contributed by atoms with Gasteiger partial charge < -0.3 is 24.5 Å². The minimum atomic E-state index is -3.80. The van der Waals surface area contributed by atoms with Crippen molar-refractivity contribution in [1.82, 2.24) is 19.5 Å². The van der Waals surface area contributed by atoms with Crippen LogP contribution in [0, 0.1) is 0 Å². The molecule has 2 aromatic rings. The van der Waals surface area contributed by atoms with E-state index in [1.807, 2.05) is 6.92 Å². The van der Waals surface area contributed by atoms with Gasteiger partial charge in [-0.25, -0.2) is 15.0 Å². The van der Waals surface area contributed by atoms with Crippen LogP contribution in [0.1, 0.15) is 96.8 Å². The largest absolute Gasteiger partial charge is 0.382 e. The minimum Gasteiger partial charge on any atom is -0.382 e. The van der Waals surface area contributed by atoms with Crippen molar-refractivity contribution in [2.75, 3.05) is 18.7 Å². The van der Waals surface area contributed by atoms with Crippen LogP contribution in [-0.2, 0) is 20.4 Å². The number of aromatic nitrogens is 4. The molecule has 2 aromatic heterocycles. The van der Waals surface area contributed by atoms with E-state index in [-0.39, 0.29) is 19.1 Å². The Morgan fingerprint density at radius 1 is 0.947 bits per heavy atom. The average molecular weight is 541 g/mol. The standard InChI is InChI=1S/C25H43B3N5O4P/c1-21(17-33-19-32-22-23(29)30-18-31-24(22)33)36-20-38(34,35)37-16-14-12-10-8-6-4-2-3-5-7-9-11-13-15-25(26,27)28/h18-19,21H,2-17,20H2,1H3,(H,34,35)(H2,29,30,31)/t21-/m1/s1. The van der Waals surface area contributed by atoms with Crippen molar-refractivity contribution >= 4 is 48.1 Å². The Hall–Kier alpha value is -1.35. The van der Waals surface area contributed by atoms with Gasteiger partial charge in [0.05, 0.1) is 49.1 Å². The fraction of sp³-hybridized carbons (Fsp3) is 0.800. The Kier molecular flexibility index (Phi) is 15.0. The average Bonchev–Trinajstić information content (AvgIpc) is 3.26. The number of rotatable bonds is 22. The van der Waals surface area contributed by atoms with Gasteiger partial charge in [-0.2, -0.15) is 0 Å². The fourth-order valence-electron chi connectivity index (χ4n) is 4.31. The molecular formula is C25H43B3N5O4P. The molecule has 13 heteroatoms. The summed E-state index contributed by atoms with van der Waals surface area (Å²) < 4.78 is 24.9. The lowest BCUT2D eigenvalue weighted by molar-refractivity contribution is 0.0715. The Bertz CT molecular complexity index is 976. The molecule has 0 spiro atoms. The number of fused-ring (bicyclic) bond motifs is 1. The number of anilines is 1. The van der Waals surface area contributed by atoms with E-state index in [2.05, 4.69) is 15.0 Å². The van der Waals surface area contributed by atoms with Crippen molar-refractivity contribution in [3.8, 4) is 0 Å². The van der Waals surface area contributed by atoms with Gasteiger partial charge in [0.15, 0.2) is 11.5 Å². The van der Waals surface area contributed by atoms with Gasteiger partial charge in [0.25, 0.3) is 0 Å². The molecule has 206 valence electrons. The lowest BCUT2D eigenvalue weighted by atomic mass is 9.41. The van der Waals surface area contributed by atoms with Crippen molar-refractivity contribution in [2.24, 2.45) is 0 Å². The molecule has 0 bridgehead atoms. The van der Waals surface area contributed by atoms with Crippen molar-refractivity contribution in [3.05, 3.63) is 12.7 Å². The van der Waals surface area contributed by atoms with E-state index < -0.39 is 12.7 Å². The van der Waals surface area contributed by atoms with Gasteiger partial charge in [0.1, 0.15) is 18.2 Å². The molecule has 2 atom stereocenters. The normalized spacial score (nSPS) is 14.6. The van der Waals surface area contributed by atoms with Crippen molar-refractivity contribution in [2.45, 2.75) is 115 Å². The van der Waals surface area contributed by atoms with Gasteiger partial charge >= 0.3 is 7.60 Å². The molecule has 3 N–H and O–H groups in total. The molecule has 0 aliphatic heterocycles. The van der Waals surface area contributed by atoms with E-state index in [0.717, 1.165) is 32.1 Å². The van der Waals surface area contributed by atoms with E-state index >= 15 is 0 Å². The second kappa shape index (κ2) is 17.4. The Labute approximate surface area is 232 Å². The SMILES string of the molecule is [B]C([B])([B])CCCCCCCCCCCCCCCOP(=O)(O)CO[C@H](C)Cn1cnc2c(N)ncnc21. The summed E-state index contributed by atoms with van der Waals surface area (Å²) in [5, 5.41) is -1.02. The first kappa shape index (κ1) is 32.9. The summed E-state index contributed by atoms with van der Waals surface area (Å²) in [5.74, 6) is 0.310. The van der Waals surface area contributed by atoms with Crippen LogP contribution in [-0.4, -0.2) is 67.0 Å². The summed E-state index contributed by atoms with van der Waals surface area (Å²) in [6, 6.07) is 0. The highest BCUT2D eigenvalue weighted by Crippen LogP contribution is 2.42. The molecule has 1 unspecified atom stereocenters. The van der Waals surface area contributed by atoms with Gasteiger partial charge in [-0.15, -0.1) is 5.11 Å². The van der Waals surface area contributed by atoms with Gasteiger partial charge in [-0.05, 0) is 13.3 Å². The van der Waals surface area contributed by atoms with Crippen LogP contribution in [0.5, 0.6) is 0 Å². The van der Waals surface area contributed by atoms with E-state index in [1.165, 1.54) is 57.7 Å². The molecule has 0 aromatic carbocycles. The van der Waals surface area contributed by atoms with Crippen LogP contribution in [0.2, 0.25) is 5.11 Å². The van der Waals surface area contributed by atoms with Gasteiger partial charge in [0.2, 0.25) is 0 Å². The zero-order valence-electron chi connectivity index (χ0n) is 23.0. The van der Waals surface area contributed by atoms with Gasteiger partial charge in [0, 0.05) is 0 Å². The molecule has 2 rings (SSSR count). The van der Waals surface area contributed by atoms with E-state index in [1.54, 1.807) is 10.9 Å². The molecule has 0 amide bonds. The molecule has 0 saturated carbocycles. The molecule has 2 heterocycles. The van der Waals surface area contributed by atoms with Crippen molar-refractivity contribution in [3.63, 3.8) is 0 Å². The third-order valence-electron chi connectivity index (χ3n) is 6.45. The number of unbranched alkanes of at least 4 members (excludes halogenated alkanes) is 12. The van der Waals surface area contributed by atoms with Crippen LogP contribution in [0.15, 0.2) is 12.7 Å². The van der Waals surface area contributed by atoms with E-state index in [9.17, 15) is 9.46 Å². The van der Waals surface area contributed by atoms with Crippen molar-refractivity contribution in [1.29, 1.82) is 0 Å². The second-order valence-corrected chi connectivity index (χ2v) is 12.2. The lowest BCUT2D eigenvalue weighted by Gasteiger charge is -2.18. The Balaban J connectivity index is 1.41. The highest BCUT2D eigenvalue weighted by Gasteiger charge is 2.21. The first-order valence-electron chi connectivity index (χ1n) is 13.9. The molecule has 0 fully saturated rings. The Morgan fingerprint density at radius 2 is 1.50 bits per heavy atom. The summed E-state index contributed by atoms with van der Waals surface area (Å²) in [7, 11) is 12.9. The third-order valence-corrected chi connectivity index (χ3v) is 7.51. The minimum absolute atomic E-state index is 0.261. The summed E-state index contributed by atoms with van der Waals surface area (Å²) in [5.41, 5.74) is 6.92. The highest BCUT2D eigenvalue weighted by atomic mass is 31.2. The first-order valence-corrected chi connectivity index (χ1v) is 15.7. The summed E-state index contributed by atoms with van der Waals surface area (Å²) in [6.45, 7) is 2.48. The smallest absolute Gasteiger partial charge is 0.353 e.